The molecule has 7 nitrogen and oxygen atoms in total. The van der Waals surface area contributed by atoms with Gasteiger partial charge in [0, 0.05) is 33.6 Å². The molecule has 2 aromatic carbocycles. The summed E-state index contributed by atoms with van der Waals surface area (Å²) in [5, 5.41) is 2.72. The summed E-state index contributed by atoms with van der Waals surface area (Å²) in [5.41, 5.74) is 1.15. The van der Waals surface area contributed by atoms with Crippen molar-refractivity contribution in [1.82, 2.24) is 19.2 Å². The average Bonchev–Trinajstić information content (AvgIpc) is 3.14. The Morgan fingerprint density at radius 2 is 1.82 bits per heavy atom. The minimum absolute atomic E-state index is 0.103. The summed E-state index contributed by atoms with van der Waals surface area (Å²) in [4.78, 5) is 15.7. The summed E-state index contributed by atoms with van der Waals surface area (Å²) in [5.74, 6) is -1.54. The number of hydrogen-bond acceptors (Lipinski definition) is 4. The Bertz CT molecular complexity index is 1220. The maximum absolute atomic E-state index is 13.6. The van der Waals surface area contributed by atoms with E-state index >= 15 is 0 Å². The lowest BCUT2D eigenvalue weighted by atomic mass is 10.1. The van der Waals surface area contributed by atoms with E-state index in [4.69, 9.17) is 0 Å². The van der Waals surface area contributed by atoms with E-state index in [1.165, 1.54) is 26.2 Å². The highest BCUT2D eigenvalue weighted by molar-refractivity contribution is 7.89. The number of sulfonamides is 1. The fraction of sp³-hybridized carbons (Fsp3) is 0.364. The number of fused-ring (bicyclic) bond motifs is 1. The lowest BCUT2D eigenvalue weighted by Gasteiger charge is -2.12. The topological polar surface area (TPSA) is 84.3 Å². The predicted octanol–water partition coefficient (Wildman–Crippen LogP) is 3.44. The molecule has 1 aromatic heterocycles. The van der Waals surface area contributed by atoms with Gasteiger partial charge >= 0.3 is 6.18 Å². The first-order chi connectivity index (χ1) is 15.5. The Balaban J connectivity index is 1.71. The van der Waals surface area contributed by atoms with E-state index in [2.05, 4.69) is 10.3 Å². The van der Waals surface area contributed by atoms with Crippen molar-refractivity contribution in [2.24, 2.45) is 0 Å². The highest BCUT2D eigenvalue weighted by Crippen LogP contribution is 2.32. The van der Waals surface area contributed by atoms with Crippen molar-refractivity contribution in [1.29, 1.82) is 0 Å². The molecule has 0 aliphatic rings. The van der Waals surface area contributed by atoms with Gasteiger partial charge in [-0.3, -0.25) is 4.79 Å². The molecule has 0 bridgehead atoms. The van der Waals surface area contributed by atoms with Crippen LogP contribution in [-0.2, 0) is 34.0 Å². The molecule has 178 valence electrons. The zero-order chi connectivity index (χ0) is 24.2. The van der Waals surface area contributed by atoms with E-state index in [1.54, 1.807) is 0 Å². The average molecular weight is 483 g/mol. The van der Waals surface area contributed by atoms with E-state index in [1.807, 2.05) is 30.3 Å². The molecule has 3 rings (SSSR count). The molecule has 0 saturated carbocycles. The van der Waals surface area contributed by atoms with Crippen LogP contribution in [0.15, 0.2) is 53.4 Å². The van der Waals surface area contributed by atoms with E-state index in [-0.39, 0.29) is 34.8 Å². The van der Waals surface area contributed by atoms with Crippen molar-refractivity contribution >= 4 is 27.0 Å². The molecular formula is C22H25F3N4O3S. The first-order valence-corrected chi connectivity index (χ1v) is 11.7. The fourth-order valence-electron chi connectivity index (χ4n) is 3.39. The number of rotatable bonds is 9. The summed E-state index contributed by atoms with van der Waals surface area (Å²) in [6.45, 7) is 0.173. The largest absolute Gasteiger partial charge is 0.449 e. The summed E-state index contributed by atoms with van der Waals surface area (Å²) in [6, 6.07) is 13.4. The number of aryl methyl sites for hydroxylation is 2. The van der Waals surface area contributed by atoms with Gasteiger partial charge in [0.2, 0.25) is 21.8 Å². The van der Waals surface area contributed by atoms with Gasteiger partial charge in [0.05, 0.1) is 15.9 Å². The Kier molecular flexibility index (Phi) is 7.43. The predicted molar refractivity (Wildman–Crippen MR) is 118 cm³/mol. The van der Waals surface area contributed by atoms with Gasteiger partial charge in [-0.15, -0.1) is 0 Å². The van der Waals surface area contributed by atoms with E-state index in [0.717, 1.165) is 26.9 Å². The minimum atomic E-state index is -4.76. The number of halogens is 3. The number of hydrogen-bond donors (Lipinski definition) is 1. The van der Waals surface area contributed by atoms with Crippen molar-refractivity contribution in [3.8, 4) is 0 Å². The molecule has 0 atom stereocenters. The normalized spacial score (nSPS) is 12.4. The second-order valence-electron chi connectivity index (χ2n) is 7.71. The van der Waals surface area contributed by atoms with Crippen molar-refractivity contribution in [2.75, 3.05) is 20.6 Å². The third kappa shape index (κ3) is 5.91. The molecule has 0 fully saturated rings. The van der Waals surface area contributed by atoms with Gasteiger partial charge < -0.3 is 9.88 Å². The third-order valence-corrected chi connectivity index (χ3v) is 6.93. The molecule has 3 aromatic rings. The van der Waals surface area contributed by atoms with Crippen LogP contribution in [0.2, 0.25) is 0 Å². The van der Waals surface area contributed by atoms with Gasteiger partial charge in [-0.2, -0.15) is 13.2 Å². The first kappa shape index (κ1) is 24.7. The van der Waals surface area contributed by atoms with Gasteiger partial charge in [-0.25, -0.2) is 17.7 Å². The van der Waals surface area contributed by atoms with Crippen LogP contribution in [0.5, 0.6) is 0 Å². The number of imidazole rings is 1. The Morgan fingerprint density at radius 1 is 1.12 bits per heavy atom. The van der Waals surface area contributed by atoms with Crippen molar-refractivity contribution in [3.63, 3.8) is 0 Å². The van der Waals surface area contributed by atoms with Crippen LogP contribution >= 0.6 is 0 Å². The number of benzene rings is 2. The Morgan fingerprint density at radius 3 is 2.45 bits per heavy atom. The number of nitrogens with one attached hydrogen (secondary N) is 1. The van der Waals surface area contributed by atoms with Gasteiger partial charge in [-0.05, 0) is 36.6 Å². The molecule has 0 saturated heterocycles. The van der Waals surface area contributed by atoms with Crippen LogP contribution in [0.4, 0.5) is 13.2 Å². The number of alkyl halides is 3. The molecule has 0 aliphatic carbocycles. The highest BCUT2D eigenvalue weighted by atomic mass is 32.2. The molecule has 0 aliphatic heterocycles. The molecule has 0 spiro atoms. The Labute approximate surface area is 190 Å². The maximum atomic E-state index is 13.6. The number of nitrogens with zero attached hydrogens (tertiary/aromatic N) is 3. The lowest BCUT2D eigenvalue weighted by Crippen LogP contribution is -2.26. The summed E-state index contributed by atoms with van der Waals surface area (Å²) in [6.07, 6.45) is -3.44. The van der Waals surface area contributed by atoms with Crippen LogP contribution in [-0.4, -0.2) is 48.8 Å². The second kappa shape index (κ2) is 9.92. The number of carbonyl (C=O) groups is 1. The van der Waals surface area contributed by atoms with Crippen LogP contribution in [0.25, 0.3) is 11.0 Å². The molecule has 1 amide bonds. The Hall–Kier alpha value is -2.92. The molecule has 1 heterocycles. The zero-order valence-electron chi connectivity index (χ0n) is 18.3. The number of aromatic nitrogens is 2. The van der Waals surface area contributed by atoms with Crippen LogP contribution < -0.4 is 5.32 Å². The van der Waals surface area contributed by atoms with Gasteiger partial charge in [0.1, 0.15) is 0 Å². The monoisotopic (exact) mass is 482 g/mol. The van der Waals surface area contributed by atoms with E-state index in [9.17, 15) is 26.4 Å². The summed E-state index contributed by atoms with van der Waals surface area (Å²) >= 11 is 0. The maximum Gasteiger partial charge on any atom is 0.449 e. The van der Waals surface area contributed by atoms with Gasteiger partial charge in [0.15, 0.2) is 0 Å². The lowest BCUT2D eigenvalue weighted by molar-refractivity contribution is -0.147. The fourth-order valence-corrected chi connectivity index (χ4v) is 4.31. The van der Waals surface area contributed by atoms with Crippen LogP contribution in [0, 0.1) is 0 Å². The summed E-state index contributed by atoms with van der Waals surface area (Å²) in [7, 11) is -1.17. The molecule has 1 N–H and O–H groups in total. The van der Waals surface area contributed by atoms with Crippen molar-refractivity contribution < 1.29 is 26.4 Å². The van der Waals surface area contributed by atoms with Crippen LogP contribution in [0.3, 0.4) is 0 Å². The smallest absolute Gasteiger partial charge is 0.356 e. The SMILES string of the molecule is CN(C)S(=O)(=O)c1ccc2c(c1)nc(C(F)(F)F)n2CCC(=O)NCCCc1ccccc1. The number of amides is 1. The molecule has 0 unspecified atom stereocenters. The molecule has 11 heteroatoms. The third-order valence-electron chi connectivity index (χ3n) is 5.12. The number of carbonyl (C=O) groups excluding carboxylic acids is 1. The molecular weight excluding hydrogens is 457 g/mol. The second-order valence-corrected chi connectivity index (χ2v) is 9.86. The van der Waals surface area contributed by atoms with Gasteiger partial charge in [-0.1, -0.05) is 30.3 Å². The highest BCUT2D eigenvalue weighted by Gasteiger charge is 2.38. The first-order valence-electron chi connectivity index (χ1n) is 10.3. The van der Waals surface area contributed by atoms with E-state index < -0.39 is 22.0 Å². The summed E-state index contributed by atoms with van der Waals surface area (Å²) < 4.78 is 67.2. The minimum Gasteiger partial charge on any atom is -0.356 e. The quantitative estimate of drug-likeness (QED) is 0.474. The zero-order valence-corrected chi connectivity index (χ0v) is 19.1. The molecule has 33 heavy (non-hydrogen) atoms. The van der Waals surface area contributed by atoms with E-state index in [0.29, 0.717) is 13.0 Å². The van der Waals surface area contributed by atoms with Crippen LogP contribution in [0.1, 0.15) is 24.2 Å². The van der Waals surface area contributed by atoms with Crippen molar-refractivity contribution in [3.05, 3.63) is 59.9 Å². The van der Waals surface area contributed by atoms with Crippen molar-refractivity contribution in [2.45, 2.75) is 36.9 Å². The molecule has 0 radical (unpaired) electrons. The van der Waals surface area contributed by atoms with Gasteiger partial charge in [0.25, 0.3) is 0 Å². The standard InChI is InChI=1S/C22H25F3N4O3S/c1-28(2)33(31,32)17-10-11-19-18(15-17)27-21(22(23,24)25)29(19)14-12-20(30)26-13-6-9-16-7-4-3-5-8-16/h3-5,7-8,10-11,15H,6,9,12-14H2,1-2H3,(H,26,30).